The lowest BCUT2D eigenvalue weighted by Gasteiger charge is -2.27. The van der Waals surface area contributed by atoms with Crippen LogP contribution in [0.4, 0.5) is 4.79 Å². The molecule has 0 aromatic carbocycles. The lowest BCUT2D eigenvalue weighted by molar-refractivity contribution is -0.142. The van der Waals surface area contributed by atoms with Crippen molar-refractivity contribution in [1.82, 2.24) is 10.6 Å². The number of carbonyl (C=O) groups is 2. The number of hydrogen-bond acceptors (Lipinski definition) is 3. The molecular formula is C14H24N2O4. The Hall–Kier alpha value is -1.30. The number of carboxylic acid groups (broad SMARTS) is 1. The summed E-state index contributed by atoms with van der Waals surface area (Å²) in [6.07, 6.45) is 6.18. The lowest BCUT2D eigenvalue weighted by Crippen LogP contribution is -2.46. The SMILES string of the molecule is O=C(NCC1CCCCO1)NC1CCC(C(=O)O)CC1. The second kappa shape index (κ2) is 7.47. The molecule has 0 bridgehead atoms. The number of carboxylic acids is 1. The third kappa shape index (κ3) is 4.67. The molecule has 2 rings (SSSR count). The number of rotatable bonds is 4. The second-order valence-corrected chi connectivity index (χ2v) is 5.73. The molecule has 114 valence electrons. The van der Waals surface area contributed by atoms with E-state index in [2.05, 4.69) is 10.6 Å². The van der Waals surface area contributed by atoms with Gasteiger partial charge in [-0.1, -0.05) is 0 Å². The molecule has 0 aromatic heterocycles. The average molecular weight is 284 g/mol. The molecule has 1 heterocycles. The summed E-state index contributed by atoms with van der Waals surface area (Å²) in [6, 6.07) is -0.0733. The van der Waals surface area contributed by atoms with Gasteiger partial charge in [0.15, 0.2) is 0 Å². The molecule has 2 amide bonds. The summed E-state index contributed by atoms with van der Waals surface area (Å²) in [7, 11) is 0. The van der Waals surface area contributed by atoms with Crippen molar-refractivity contribution in [2.45, 2.75) is 57.1 Å². The highest BCUT2D eigenvalue weighted by atomic mass is 16.5. The number of aliphatic carboxylic acids is 1. The van der Waals surface area contributed by atoms with Crippen molar-refractivity contribution in [3.05, 3.63) is 0 Å². The number of urea groups is 1. The van der Waals surface area contributed by atoms with Gasteiger partial charge < -0.3 is 20.5 Å². The van der Waals surface area contributed by atoms with Gasteiger partial charge in [-0.25, -0.2) is 4.79 Å². The maximum absolute atomic E-state index is 11.8. The minimum atomic E-state index is -0.720. The van der Waals surface area contributed by atoms with Gasteiger partial charge in [-0.05, 0) is 44.9 Å². The third-order valence-corrected chi connectivity index (χ3v) is 4.18. The highest BCUT2D eigenvalue weighted by Crippen LogP contribution is 2.24. The van der Waals surface area contributed by atoms with Crippen LogP contribution in [0.2, 0.25) is 0 Å². The van der Waals surface area contributed by atoms with E-state index in [0.29, 0.717) is 19.4 Å². The molecule has 20 heavy (non-hydrogen) atoms. The van der Waals surface area contributed by atoms with Crippen LogP contribution in [0.3, 0.4) is 0 Å². The number of ether oxygens (including phenoxy) is 1. The van der Waals surface area contributed by atoms with E-state index in [4.69, 9.17) is 9.84 Å². The number of nitrogens with one attached hydrogen (secondary N) is 2. The van der Waals surface area contributed by atoms with Crippen LogP contribution in [0.5, 0.6) is 0 Å². The molecule has 1 atom stereocenters. The Morgan fingerprint density at radius 3 is 2.45 bits per heavy atom. The summed E-state index contributed by atoms with van der Waals surface area (Å²) >= 11 is 0. The van der Waals surface area contributed by atoms with Gasteiger partial charge in [0.05, 0.1) is 12.0 Å². The van der Waals surface area contributed by atoms with Crippen LogP contribution >= 0.6 is 0 Å². The summed E-state index contributed by atoms with van der Waals surface area (Å²) < 4.78 is 5.55. The standard InChI is InChI=1S/C14H24N2O4/c17-13(18)10-4-6-11(7-5-10)16-14(19)15-9-12-3-1-2-8-20-12/h10-12H,1-9H2,(H,17,18)(H2,15,16,19). The summed E-state index contributed by atoms with van der Waals surface area (Å²) in [5.41, 5.74) is 0. The smallest absolute Gasteiger partial charge is 0.315 e. The van der Waals surface area contributed by atoms with Gasteiger partial charge in [-0.2, -0.15) is 0 Å². The summed E-state index contributed by atoms with van der Waals surface area (Å²) in [5.74, 6) is -0.964. The predicted octanol–water partition coefficient (Wildman–Crippen LogP) is 1.50. The van der Waals surface area contributed by atoms with Crippen LogP contribution in [0.15, 0.2) is 0 Å². The molecule has 1 aliphatic carbocycles. The fourth-order valence-electron chi connectivity index (χ4n) is 2.90. The fourth-order valence-corrected chi connectivity index (χ4v) is 2.90. The zero-order chi connectivity index (χ0) is 14.4. The summed E-state index contributed by atoms with van der Waals surface area (Å²) in [6.45, 7) is 1.34. The van der Waals surface area contributed by atoms with Gasteiger partial charge in [0, 0.05) is 19.2 Å². The van der Waals surface area contributed by atoms with Crippen molar-refractivity contribution >= 4 is 12.0 Å². The minimum absolute atomic E-state index is 0.0953. The highest BCUT2D eigenvalue weighted by molar-refractivity contribution is 5.74. The average Bonchev–Trinajstić information content (AvgIpc) is 2.47. The first-order valence-corrected chi connectivity index (χ1v) is 7.54. The van der Waals surface area contributed by atoms with Crippen LogP contribution in [-0.4, -0.2) is 42.4 Å². The van der Waals surface area contributed by atoms with E-state index >= 15 is 0 Å². The summed E-state index contributed by atoms with van der Waals surface area (Å²) in [5, 5.41) is 14.7. The molecule has 0 aromatic rings. The Labute approximate surface area is 119 Å². The zero-order valence-corrected chi connectivity index (χ0v) is 11.8. The zero-order valence-electron chi connectivity index (χ0n) is 11.8. The Morgan fingerprint density at radius 1 is 1.10 bits per heavy atom. The Kier molecular flexibility index (Phi) is 5.64. The number of amides is 2. The van der Waals surface area contributed by atoms with E-state index < -0.39 is 5.97 Å². The van der Waals surface area contributed by atoms with Crippen LogP contribution in [-0.2, 0) is 9.53 Å². The molecule has 2 aliphatic rings. The number of hydrogen-bond donors (Lipinski definition) is 3. The molecule has 2 fully saturated rings. The van der Waals surface area contributed by atoms with Crippen molar-refractivity contribution in [1.29, 1.82) is 0 Å². The molecule has 0 radical (unpaired) electrons. The number of carbonyl (C=O) groups excluding carboxylic acids is 1. The van der Waals surface area contributed by atoms with Gasteiger partial charge in [0.25, 0.3) is 0 Å². The lowest BCUT2D eigenvalue weighted by atomic mass is 9.86. The molecule has 0 spiro atoms. The summed E-state index contributed by atoms with van der Waals surface area (Å²) in [4.78, 5) is 22.6. The normalized spacial score (nSPS) is 30.5. The van der Waals surface area contributed by atoms with E-state index in [1.54, 1.807) is 0 Å². The van der Waals surface area contributed by atoms with Crippen LogP contribution < -0.4 is 10.6 Å². The topological polar surface area (TPSA) is 87.7 Å². The molecule has 3 N–H and O–H groups in total. The first-order chi connectivity index (χ1) is 9.65. The molecular weight excluding hydrogens is 260 g/mol. The van der Waals surface area contributed by atoms with Crippen LogP contribution in [0, 0.1) is 5.92 Å². The Morgan fingerprint density at radius 2 is 1.85 bits per heavy atom. The van der Waals surface area contributed by atoms with Crippen molar-refractivity contribution in [2.75, 3.05) is 13.2 Å². The van der Waals surface area contributed by atoms with Crippen LogP contribution in [0.1, 0.15) is 44.9 Å². The molecule has 1 saturated heterocycles. The van der Waals surface area contributed by atoms with Gasteiger partial charge in [-0.15, -0.1) is 0 Å². The van der Waals surface area contributed by atoms with E-state index in [9.17, 15) is 9.59 Å². The van der Waals surface area contributed by atoms with E-state index in [1.165, 1.54) is 0 Å². The quantitative estimate of drug-likeness (QED) is 0.730. The molecule has 6 heteroatoms. The van der Waals surface area contributed by atoms with Crippen molar-refractivity contribution in [3.63, 3.8) is 0 Å². The van der Waals surface area contributed by atoms with E-state index in [-0.39, 0.29) is 24.1 Å². The first-order valence-electron chi connectivity index (χ1n) is 7.54. The maximum Gasteiger partial charge on any atom is 0.315 e. The third-order valence-electron chi connectivity index (χ3n) is 4.18. The Balaban J connectivity index is 1.61. The van der Waals surface area contributed by atoms with Gasteiger partial charge in [-0.3, -0.25) is 4.79 Å². The highest BCUT2D eigenvalue weighted by Gasteiger charge is 2.26. The van der Waals surface area contributed by atoms with Crippen molar-refractivity contribution in [2.24, 2.45) is 5.92 Å². The largest absolute Gasteiger partial charge is 0.481 e. The van der Waals surface area contributed by atoms with Crippen LogP contribution in [0.25, 0.3) is 0 Å². The van der Waals surface area contributed by atoms with Gasteiger partial charge in [0.2, 0.25) is 0 Å². The van der Waals surface area contributed by atoms with E-state index in [1.807, 2.05) is 0 Å². The fraction of sp³-hybridized carbons (Fsp3) is 0.857. The monoisotopic (exact) mass is 284 g/mol. The minimum Gasteiger partial charge on any atom is -0.481 e. The molecule has 1 unspecified atom stereocenters. The van der Waals surface area contributed by atoms with Crippen molar-refractivity contribution in [3.8, 4) is 0 Å². The Bertz CT molecular complexity index is 334. The van der Waals surface area contributed by atoms with Gasteiger partial charge in [0.1, 0.15) is 0 Å². The van der Waals surface area contributed by atoms with E-state index in [0.717, 1.165) is 38.7 Å². The maximum atomic E-state index is 11.8. The second-order valence-electron chi connectivity index (χ2n) is 5.73. The van der Waals surface area contributed by atoms with Gasteiger partial charge >= 0.3 is 12.0 Å². The predicted molar refractivity (Wildman–Crippen MR) is 73.5 cm³/mol. The molecule has 6 nitrogen and oxygen atoms in total. The van der Waals surface area contributed by atoms with Crippen molar-refractivity contribution < 1.29 is 19.4 Å². The molecule has 1 saturated carbocycles. The first kappa shape index (κ1) is 15.1. The molecule has 1 aliphatic heterocycles.